The van der Waals surface area contributed by atoms with Gasteiger partial charge in [0.25, 0.3) is 5.69 Å². The van der Waals surface area contributed by atoms with E-state index in [0.717, 1.165) is 7.11 Å². The molecule has 0 bridgehead atoms. The van der Waals surface area contributed by atoms with E-state index in [4.69, 9.17) is 15.2 Å². The minimum absolute atomic E-state index is 0.00634. The van der Waals surface area contributed by atoms with Gasteiger partial charge in [0.15, 0.2) is 5.69 Å². The Labute approximate surface area is 183 Å². The van der Waals surface area contributed by atoms with Gasteiger partial charge in [-0.3, -0.25) is 10.1 Å². The van der Waals surface area contributed by atoms with Crippen LogP contribution in [0.5, 0.6) is 0 Å². The topological polar surface area (TPSA) is 157 Å². The number of carbonyl (C=O) groups is 2. The fraction of sp³-hybridized carbons (Fsp3) is 0.350. The Morgan fingerprint density at radius 2 is 1.97 bits per heavy atom. The highest BCUT2D eigenvalue weighted by molar-refractivity contribution is 5.96. The summed E-state index contributed by atoms with van der Waals surface area (Å²) in [6, 6.07) is 6.34. The Balaban J connectivity index is 2.01. The predicted octanol–water partition coefficient (Wildman–Crippen LogP) is 1.90. The number of hydrogen-bond donors (Lipinski definition) is 1. The van der Waals surface area contributed by atoms with Crippen LogP contribution in [-0.4, -0.2) is 66.3 Å². The first kappa shape index (κ1) is 22.4. The summed E-state index contributed by atoms with van der Waals surface area (Å²) < 4.78 is 11.0. The quantitative estimate of drug-likeness (QED) is 0.415. The van der Waals surface area contributed by atoms with E-state index in [9.17, 15) is 25.0 Å². The number of benzene rings is 1. The van der Waals surface area contributed by atoms with E-state index in [1.807, 2.05) is 11.0 Å². The van der Waals surface area contributed by atoms with Gasteiger partial charge in [-0.2, -0.15) is 5.26 Å². The van der Waals surface area contributed by atoms with E-state index in [-0.39, 0.29) is 41.0 Å². The molecule has 32 heavy (non-hydrogen) atoms. The van der Waals surface area contributed by atoms with Gasteiger partial charge < -0.3 is 29.6 Å². The molecule has 0 radical (unpaired) electrons. The number of nitro benzene ring substituents is 1. The van der Waals surface area contributed by atoms with Gasteiger partial charge in [0.1, 0.15) is 11.8 Å². The summed E-state index contributed by atoms with van der Waals surface area (Å²) in [7, 11) is 1.15. The number of anilines is 2. The van der Waals surface area contributed by atoms with Gasteiger partial charge in [-0.05, 0) is 19.1 Å². The van der Waals surface area contributed by atoms with E-state index in [1.165, 1.54) is 16.8 Å². The zero-order valence-electron chi connectivity index (χ0n) is 17.6. The van der Waals surface area contributed by atoms with Crippen LogP contribution in [0, 0.1) is 21.4 Å². The number of nitrogen functional groups attached to an aromatic ring is 1. The number of nitrogens with zero attached hydrogens (tertiary/aromatic N) is 5. The molecule has 0 atom stereocenters. The molecule has 0 aliphatic carbocycles. The van der Waals surface area contributed by atoms with Crippen molar-refractivity contribution in [3.8, 4) is 11.8 Å². The van der Waals surface area contributed by atoms with Gasteiger partial charge in [-0.25, -0.2) is 9.59 Å². The molecule has 168 valence electrons. The molecule has 3 rings (SSSR count). The predicted molar refractivity (Wildman–Crippen MR) is 114 cm³/mol. The lowest BCUT2D eigenvalue weighted by Gasteiger charge is -2.35. The number of ether oxygens (including phenoxy) is 2. The van der Waals surface area contributed by atoms with Crippen LogP contribution in [-0.2, 0) is 9.47 Å². The van der Waals surface area contributed by atoms with Crippen LogP contribution in [0.2, 0.25) is 0 Å². The lowest BCUT2D eigenvalue weighted by atomic mass is 10.2. The van der Waals surface area contributed by atoms with E-state index in [2.05, 4.69) is 0 Å². The molecule has 0 spiro atoms. The highest BCUT2D eigenvalue weighted by atomic mass is 16.6. The Morgan fingerprint density at radius 3 is 2.53 bits per heavy atom. The van der Waals surface area contributed by atoms with E-state index < -0.39 is 10.9 Å². The van der Waals surface area contributed by atoms with Crippen LogP contribution in [0.1, 0.15) is 23.0 Å². The summed E-state index contributed by atoms with van der Waals surface area (Å²) in [4.78, 5) is 38.9. The van der Waals surface area contributed by atoms with Crippen molar-refractivity contribution in [2.24, 2.45) is 0 Å². The van der Waals surface area contributed by atoms with Crippen molar-refractivity contribution in [3.05, 3.63) is 45.8 Å². The summed E-state index contributed by atoms with van der Waals surface area (Å²) in [5, 5.41) is 21.0. The largest absolute Gasteiger partial charge is 0.464 e. The molecule has 1 fully saturated rings. The number of nitriles is 1. The molecule has 1 aliphatic rings. The fourth-order valence-corrected chi connectivity index (χ4v) is 3.52. The number of amides is 1. The van der Waals surface area contributed by atoms with Crippen molar-refractivity contribution >= 4 is 29.1 Å². The summed E-state index contributed by atoms with van der Waals surface area (Å²) in [5.74, 6) is -0.827. The molecule has 2 heterocycles. The molecule has 2 N–H and O–H groups in total. The summed E-state index contributed by atoms with van der Waals surface area (Å²) in [6.45, 7) is 3.84. The normalized spacial score (nSPS) is 13.4. The molecule has 1 aromatic carbocycles. The zero-order chi connectivity index (χ0) is 23.4. The monoisotopic (exact) mass is 442 g/mol. The van der Waals surface area contributed by atoms with Crippen LogP contribution >= 0.6 is 0 Å². The van der Waals surface area contributed by atoms with Crippen molar-refractivity contribution in [1.82, 2.24) is 9.47 Å². The lowest BCUT2D eigenvalue weighted by molar-refractivity contribution is -0.384. The van der Waals surface area contributed by atoms with Crippen molar-refractivity contribution in [2.75, 3.05) is 50.5 Å². The maximum absolute atomic E-state index is 12.3. The van der Waals surface area contributed by atoms with Crippen molar-refractivity contribution in [2.45, 2.75) is 6.92 Å². The van der Waals surface area contributed by atoms with Crippen LogP contribution in [0.4, 0.5) is 21.9 Å². The summed E-state index contributed by atoms with van der Waals surface area (Å²) in [5.41, 5.74) is 6.07. The number of aromatic nitrogens is 1. The first-order chi connectivity index (χ1) is 15.3. The Morgan fingerprint density at radius 1 is 1.28 bits per heavy atom. The molecule has 1 saturated heterocycles. The zero-order valence-corrected chi connectivity index (χ0v) is 17.6. The van der Waals surface area contributed by atoms with Crippen LogP contribution in [0.25, 0.3) is 5.69 Å². The SMILES string of the molecule is CCOC(=O)N1CCN(c2ccc([N+](=O)[O-])c(-n3cc(C#N)c(N)c3C(=O)OC)c2)CC1. The molecule has 12 heteroatoms. The van der Waals surface area contributed by atoms with Crippen LogP contribution < -0.4 is 10.6 Å². The summed E-state index contributed by atoms with van der Waals surface area (Å²) >= 11 is 0. The first-order valence-corrected chi connectivity index (χ1v) is 9.77. The standard InChI is InChI=1S/C20H22N6O6/c1-3-32-20(28)24-8-6-23(7-9-24)14-4-5-15(26(29)30)16(10-14)25-12-13(11-21)17(22)18(25)19(27)31-2/h4-5,10,12H,3,6-9,22H2,1-2H3. The lowest BCUT2D eigenvalue weighted by Crippen LogP contribution is -2.49. The highest BCUT2D eigenvalue weighted by Crippen LogP contribution is 2.33. The van der Waals surface area contributed by atoms with Gasteiger partial charge in [-0.15, -0.1) is 0 Å². The minimum atomic E-state index is -0.827. The number of esters is 1. The number of piperazine rings is 1. The highest BCUT2D eigenvalue weighted by Gasteiger charge is 2.28. The number of nitro groups is 1. The average Bonchev–Trinajstić information content (AvgIpc) is 3.14. The smallest absolute Gasteiger partial charge is 0.409 e. The van der Waals surface area contributed by atoms with Crippen molar-refractivity contribution in [3.63, 3.8) is 0 Å². The molecule has 1 amide bonds. The second-order valence-corrected chi connectivity index (χ2v) is 6.88. The van der Waals surface area contributed by atoms with Crippen LogP contribution in [0.15, 0.2) is 24.4 Å². The van der Waals surface area contributed by atoms with Gasteiger partial charge >= 0.3 is 12.1 Å². The Hall–Kier alpha value is -4.27. The number of carbonyl (C=O) groups excluding carboxylic acids is 2. The van der Waals surface area contributed by atoms with Gasteiger partial charge in [0, 0.05) is 44.1 Å². The maximum Gasteiger partial charge on any atom is 0.409 e. The van der Waals surface area contributed by atoms with E-state index in [1.54, 1.807) is 24.0 Å². The first-order valence-electron chi connectivity index (χ1n) is 9.77. The van der Waals surface area contributed by atoms with Crippen LogP contribution in [0.3, 0.4) is 0 Å². The second kappa shape index (κ2) is 9.25. The van der Waals surface area contributed by atoms with E-state index in [0.29, 0.717) is 31.9 Å². The van der Waals surface area contributed by atoms with E-state index >= 15 is 0 Å². The summed E-state index contributed by atoms with van der Waals surface area (Å²) in [6.07, 6.45) is 0.887. The third-order valence-electron chi connectivity index (χ3n) is 5.13. The minimum Gasteiger partial charge on any atom is -0.464 e. The fourth-order valence-electron chi connectivity index (χ4n) is 3.52. The molecule has 0 unspecified atom stereocenters. The molecule has 1 aliphatic heterocycles. The molecular formula is C20H22N6O6. The number of nitrogens with two attached hydrogens (primary N) is 1. The maximum atomic E-state index is 12.3. The third-order valence-corrected chi connectivity index (χ3v) is 5.13. The van der Waals surface area contributed by atoms with Gasteiger partial charge in [0.05, 0.1) is 29.9 Å². The Kier molecular flexibility index (Phi) is 6.48. The second-order valence-electron chi connectivity index (χ2n) is 6.88. The third kappa shape index (κ3) is 4.13. The average molecular weight is 442 g/mol. The molecule has 0 saturated carbocycles. The van der Waals surface area contributed by atoms with Gasteiger partial charge in [-0.1, -0.05) is 0 Å². The Bertz CT molecular complexity index is 1100. The number of rotatable bonds is 5. The molecule has 2 aromatic rings. The van der Waals surface area contributed by atoms with Crippen molar-refractivity contribution < 1.29 is 24.0 Å². The number of hydrogen-bond acceptors (Lipinski definition) is 9. The van der Waals surface area contributed by atoms with Gasteiger partial charge in [0.2, 0.25) is 0 Å². The molecule has 12 nitrogen and oxygen atoms in total. The number of methoxy groups -OCH3 is 1. The molecular weight excluding hydrogens is 420 g/mol. The van der Waals surface area contributed by atoms with Crippen molar-refractivity contribution in [1.29, 1.82) is 5.26 Å². The molecule has 1 aromatic heterocycles.